The fraction of sp³-hybridized carbons (Fsp3) is 0.368. The Labute approximate surface area is 161 Å². The third-order valence-electron chi connectivity index (χ3n) is 5.33. The number of hydrogen-bond acceptors (Lipinski definition) is 5. The number of amides is 2. The number of phenols is 1. The lowest BCUT2D eigenvalue weighted by Crippen LogP contribution is -2.44. The molecule has 2 aliphatic rings. The van der Waals surface area contributed by atoms with Gasteiger partial charge in [-0.1, -0.05) is 12.1 Å². The first-order chi connectivity index (χ1) is 13.5. The lowest BCUT2D eigenvalue weighted by Gasteiger charge is -2.30. The lowest BCUT2D eigenvalue weighted by atomic mass is 9.93. The molecule has 1 aromatic heterocycles. The third-order valence-corrected chi connectivity index (χ3v) is 5.33. The summed E-state index contributed by atoms with van der Waals surface area (Å²) in [5.41, 5.74) is 1.02. The summed E-state index contributed by atoms with van der Waals surface area (Å²) in [4.78, 5) is 35.2. The first-order valence-corrected chi connectivity index (χ1v) is 8.93. The Morgan fingerprint density at radius 2 is 2.18 bits per heavy atom. The molecule has 1 aromatic carbocycles. The number of nitrogens with one attached hydrogen (secondary N) is 2. The van der Waals surface area contributed by atoms with Crippen LogP contribution in [0.5, 0.6) is 5.75 Å². The van der Waals surface area contributed by atoms with Gasteiger partial charge in [0.05, 0.1) is 5.41 Å². The van der Waals surface area contributed by atoms with Crippen molar-refractivity contribution in [1.29, 1.82) is 0 Å². The molecular formula is C19H22N4O5. The molecule has 0 radical (unpaired) electrons. The van der Waals surface area contributed by atoms with E-state index in [2.05, 4.69) is 15.5 Å². The van der Waals surface area contributed by atoms with Crippen molar-refractivity contribution < 1.29 is 24.6 Å². The van der Waals surface area contributed by atoms with Gasteiger partial charge < -0.3 is 20.4 Å². The summed E-state index contributed by atoms with van der Waals surface area (Å²) >= 11 is 0. The zero-order valence-corrected chi connectivity index (χ0v) is 15.2. The Hall–Kier alpha value is -3.36. The molecular weight excluding hydrogens is 364 g/mol. The summed E-state index contributed by atoms with van der Waals surface area (Å²) in [6.07, 6.45) is 3.07. The second kappa shape index (κ2) is 8.12. The number of aromatic hydroxyl groups is 1. The van der Waals surface area contributed by atoms with Crippen LogP contribution in [0.2, 0.25) is 0 Å². The van der Waals surface area contributed by atoms with Gasteiger partial charge in [-0.05, 0) is 42.5 Å². The molecule has 148 valence electrons. The summed E-state index contributed by atoms with van der Waals surface area (Å²) in [6, 6.07) is 8.54. The molecule has 9 nitrogen and oxygen atoms in total. The summed E-state index contributed by atoms with van der Waals surface area (Å²) in [7, 11) is 0. The minimum atomic E-state index is -0.332. The van der Waals surface area contributed by atoms with E-state index in [0.717, 1.165) is 12.0 Å². The average Bonchev–Trinajstić information content (AvgIpc) is 3.18. The molecule has 2 heterocycles. The molecule has 9 heteroatoms. The highest BCUT2D eigenvalue weighted by Crippen LogP contribution is 2.58. The van der Waals surface area contributed by atoms with Crippen molar-refractivity contribution >= 4 is 18.3 Å². The van der Waals surface area contributed by atoms with Crippen molar-refractivity contribution in [1.82, 2.24) is 20.4 Å². The number of carbonyl (C=O) groups excluding carboxylic acids is 2. The Kier molecular flexibility index (Phi) is 5.62. The second-order valence-corrected chi connectivity index (χ2v) is 6.99. The van der Waals surface area contributed by atoms with E-state index in [1.807, 2.05) is 6.07 Å². The number of rotatable bonds is 4. The van der Waals surface area contributed by atoms with Gasteiger partial charge in [0.15, 0.2) is 0 Å². The number of H-pyrrole nitrogens is 1. The number of carbonyl (C=O) groups is 3. The molecule has 2 aromatic rings. The van der Waals surface area contributed by atoms with Gasteiger partial charge in [0.2, 0.25) is 5.91 Å². The number of hydrogen-bond donors (Lipinski definition) is 4. The summed E-state index contributed by atoms with van der Waals surface area (Å²) in [6.45, 7) is 1.34. The lowest BCUT2D eigenvalue weighted by molar-refractivity contribution is -0.128. The minimum Gasteiger partial charge on any atom is -0.508 e. The van der Waals surface area contributed by atoms with E-state index in [9.17, 15) is 14.7 Å². The molecule has 2 unspecified atom stereocenters. The van der Waals surface area contributed by atoms with Gasteiger partial charge in [-0.15, -0.1) is 0 Å². The molecule has 1 saturated heterocycles. The van der Waals surface area contributed by atoms with E-state index >= 15 is 0 Å². The van der Waals surface area contributed by atoms with Crippen LogP contribution in [-0.2, 0) is 16.1 Å². The first-order valence-electron chi connectivity index (χ1n) is 8.93. The number of nitrogens with zero attached hydrogens (tertiary/aromatic N) is 2. The number of carboxylic acid groups (broad SMARTS) is 1. The standard InChI is InChI=1S/C18H20N4O3.CH2O2/c23-14-3-1-2-12(8-14)10-19-17(25)18-5-7-22(11-13(18)9-18)16(24)15-4-6-20-21-15;2-1-3/h1-4,6,8,13,23H,5,7,9-11H2,(H,19,25)(H,20,21);1H,(H,2,3). The summed E-state index contributed by atoms with van der Waals surface area (Å²) in [5, 5.41) is 25.9. The average molecular weight is 386 g/mol. The zero-order valence-electron chi connectivity index (χ0n) is 15.2. The predicted octanol–water partition coefficient (Wildman–Crippen LogP) is 0.985. The summed E-state index contributed by atoms with van der Waals surface area (Å²) < 4.78 is 0. The molecule has 0 spiro atoms. The zero-order chi connectivity index (χ0) is 20.1. The Balaban J connectivity index is 0.000000706. The molecule has 2 atom stereocenters. The van der Waals surface area contributed by atoms with Crippen LogP contribution in [0.3, 0.4) is 0 Å². The maximum atomic E-state index is 12.6. The highest BCUT2D eigenvalue weighted by atomic mass is 16.3. The summed E-state index contributed by atoms with van der Waals surface area (Å²) in [5.74, 6) is 0.407. The molecule has 2 fully saturated rings. The topological polar surface area (TPSA) is 136 Å². The van der Waals surface area contributed by atoms with Crippen LogP contribution in [0.4, 0.5) is 0 Å². The molecule has 4 N–H and O–H groups in total. The number of fused-ring (bicyclic) bond motifs is 1. The van der Waals surface area contributed by atoms with Gasteiger partial charge in [-0.3, -0.25) is 19.5 Å². The number of aromatic amines is 1. The van der Waals surface area contributed by atoms with Gasteiger partial charge in [0.25, 0.3) is 12.4 Å². The van der Waals surface area contributed by atoms with Crippen LogP contribution in [0.15, 0.2) is 36.5 Å². The SMILES string of the molecule is O=C(c1ccn[nH]1)N1CCC2(C(=O)NCc3cccc(O)c3)CC2C1.O=CO. The van der Waals surface area contributed by atoms with Crippen molar-refractivity contribution in [2.75, 3.05) is 13.1 Å². The number of benzene rings is 1. The number of phenolic OH excluding ortho intramolecular Hbond substituents is 1. The monoisotopic (exact) mass is 386 g/mol. The first kappa shape index (κ1) is 19.4. The van der Waals surface area contributed by atoms with Gasteiger partial charge in [-0.25, -0.2) is 0 Å². The van der Waals surface area contributed by atoms with Crippen molar-refractivity contribution in [2.24, 2.45) is 11.3 Å². The fourth-order valence-electron chi connectivity index (χ4n) is 3.76. The van der Waals surface area contributed by atoms with Crippen LogP contribution in [-0.4, -0.2) is 56.7 Å². The van der Waals surface area contributed by atoms with Gasteiger partial charge >= 0.3 is 0 Å². The number of likely N-dealkylation sites (tertiary alicyclic amines) is 1. The molecule has 1 saturated carbocycles. The highest BCUT2D eigenvalue weighted by Gasteiger charge is 2.62. The van der Waals surface area contributed by atoms with Gasteiger partial charge in [-0.2, -0.15) is 5.10 Å². The van der Waals surface area contributed by atoms with Crippen molar-refractivity contribution in [3.05, 3.63) is 47.8 Å². The normalized spacial score (nSPS) is 22.3. The highest BCUT2D eigenvalue weighted by molar-refractivity contribution is 5.93. The van der Waals surface area contributed by atoms with Crippen LogP contribution in [0.25, 0.3) is 0 Å². The molecule has 1 aliphatic carbocycles. The fourth-order valence-corrected chi connectivity index (χ4v) is 3.76. The largest absolute Gasteiger partial charge is 0.508 e. The van der Waals surface area contributed by atoms with E-state index in [4.69, 9.17) is 9.90 Å². The quantitative estimate of drug-likeness (QED) is 0.579. The van der Waals surface area contributed by atoms with Crippen LogP contribution >= 0.6 is 0 Å². The van der Waals surface area contributed by atoms with E-state index in [1.54, 1.807) is 35.4 Å². The van der Waals surface area contributed by atoms with Gasteiger partial charge in [0.1, 0.15) is 11.4 Å². The maximum Gasteiger partial charge on any atom is 0.290 e. The Morgan fingerprint density at radius 1 is 1.39 bits per heavy atom. The Morgan fingerprint density at radius 3 is 2.82 bits per heavy atom. The van der Waals surface area contributed by atoms with E-state index in [-0.39, 0.29) is 35.4 Å². The smallest absolute Gasteiger partial charge is 0.290 e. The van der Waals surface area contributed by atoms with E-state index in [1.165, 1.54) is 0 Å². The van der Waals surface area contributed by atoms with Crippen molar-refractivity contribution in [3.8, 4) is 5.75 Å². The van der Waals surface area contributed by atoms with E-state index < -0.39 is 0 Å². The van der Waals surface area contributed by atoms with Gasteiger partial charge in [0, 0.05) is 25.8 Å². The minimum absolute atomic E-state index is 0.0504. The molecule has 28 heavy (non-hydrogen) atoms. The molecule has 2 amide bonds. The molecule has 0 bridgehead atoms. The van der Waals surface area contributed by atoms with Crippen LogP contribution in [0.1, 0.15) is 28.9 Å². The van der Waals surface area contributed by atoms with Crippen LogP contribution < -0.4 is 5.32 Å². The third kappa shape index (κ3) is 3.98. The van der Waals surface area contributed by atoms with E-state index in [0.29, 0.717) is 31.7 Å². The number of piperidine rings is 1. The number of aromatic nitrogens is 2. The predicted molar refractivity (Wildman–Crippen MR) is 98.3 cm³/mol. The molecule has 4 rings (SSSR count). The molecule has 1 aliphatic heterocycles. The van der Waals surface area contributed by atoms with Crippen LogP contribution in [0, 0.1) is 11.3 Å². The van der Waals surface area contributed by atoms with Crippen molar-refractivity contribution in [3.63, 3.8) is 0 Å². The maximum absolute atomic E-state index is 12.6. The Bertz CT molecular complexity index is 854. The second-order valence-electron chi connectivity index (χ2n) is 6.99. The van der Waals surface area contributed by atoms with Crippen molar-refractivity contribution in [2.45, 2.75) is 19.4 Å².